The molecular formula is C36H39N3O5S2. The molecule has 8 nitrogen and oxygen atoms in total. The molecule has 0 unspecified atom stereocenters. The molecule has 1 N–H and O–H groups in total. The summed E-state index contributed by atoms with van der Waals surface area (Å²) in [6.45, 7) is 7.49. The Morgan fingerprint density at radius 1 is 0.848 bits per heavy atom. The van der Waals surface area contributed by atoms with Crippen molar-refractivity contribution in [1.82, 2.24) is 10.2 Å². The van der Waals surface area contributed by atoms with Gasteiger partial charge >= 0.3 is 5.91 Å². The van der Waals surface area contributed by atoms with Crippen molar-refractivity contribution in [2.75, 3.05) is 18.1 Å². The number of benzene rings is 3. The van der Waals surface area contributed by atoms with Crippen LogP contribution in [0.5, 0.6) is 11.5 Å². The van der Waals surface area contributed by atoms with Gasteiger partial charge in [-0.25, -0.2) is 0 Å². The number of nitrogens with zero attached hydrogens (tertiary/aromatic N) is 3. The number of thioether (sulfide) groups is 1. The summed E-state index contributed by atoms with van der Waals surface area (Å²) in [6, 6.07) is 21.6. The van der Waals surface area contributed by atoms with Crippen molar-refractivity contribution in [2.45, 2.75) is 69.0 Å². The second kappa shape index (κ2) is 15.9. The van der Waals surface area contributed by atoms with Crippen LogP contribution in [-0.2, 0) is 15.3 Å². The number of amides is 1. The van der Waals surface area contributed by atoms with Gasteiger partial charge in [0.1, 0.15) is 17.3 Å². The second-order valence-corrected chi connectivity index (χ2v) is 13.3. The summed E-state index contributed by atoms with van der Waals surface area (Å²) in [7, 11) is 0. The van der Waals surface area contributed by atoms with Crippen LogP contribution in [0, 0.1) is 6.92 Å². The highest BCUT2D eigenvalue weighted by Crippen LogP contribution is 2.44. The molecule has 1 aromatic heterocycles. The lowest BCUT2D eigenvalue weighted by Gasteiger charge is -2.22. The zero-order valence-electron chi connectivity index (χ0n) is 26.4. The van der Waals surface area contributed by atoms with E-state index in [4.69, 9.17) is 9.47 Å². The van der Waals surface area contributed by atoms with Gasteiger partial charge in [0.25, 0.3) is 5.78 Å². The van der Waals surface area contributed by atoms with Crippen molar-refractivity contribution < 1.29 is 24.2 Å². The molecule has 4 aromatic rings. The molecule has 1 atom stereocenters. The number of anilines is 1. The van der Waals surface area contributed by atoms with Crippen LogP contribution < -0.4 is 14.4 Å². The number of aryl methyl sites for hydroxylation is 1. The SMILES string of the molecule is CCCCCOc1ccc([C@H]2C(=C(O)c3ccc(OCCCC)cc3)C(=O)C(=O)N2c2nnc(SCc3ccc(C)cc3)s2)cc1. The molecule has 2 heterocycles. The van der Waals surface area contributed by atoms with Gasteiger partial charge in [-0.2, -0.15) is 0 Å². The fraction of sp³-hybridized carbons (Fsp3) is 0.333. The fourth-order valence-electron chi connectivity index (χ4n) is 5.02. The molecule has 0 saturated carbocycles. The normalized spacial score (nSPS) is 15.8. The molecule has 0 radical (unpaired) electrons. The Morgan fingerprint density at radius 3 is 2.13 bits per heavy atom. The number of aromatic nitrogens is 2. The molecule has 5 rings (SSSR count). The summed E-state index contributed by atoms with van der Waals surface area (Å²) in [6.07, 6.45) is 5.11. The van der Waals surface area contributed by atoms with E-state index in [1.54, 1.807) is 24.3 Å². The van der Waals surface area contributed by atoms with E-state index in [1.807, 2.05) is 31.2 Å². The molecule has 0 aliphatic carbocycles. The van der Waals surface area contributed by atoms with Gasteiger partial charge < -0.3 is 14.6 Å². The van der Waals surface area contributed by atoms with Crippen molar-refractivity contribution in [3.63, 3.8) is 0 Å². The van der Waals surface area contributed by atoms with Gasteiger partial charge in [0.15, 0.2) is 4.34 Å². The van der Waals surface area contributed by atoms with Crippen LogP contribution in [0.25, 0.3) is 5.76 Å². The Labute approximate surface area is 278 Å². The molecule has 46 heavy (non-hydrogen) atoms. The van der Waals surface area contributed by atoms with Gasteiger partial charge in [0.2, 0.25) is 5.13 Å². The maximum Gasteiger partial charge on any atom is 0.301 e. The van der Waals surface area contributed by atoms with E-state index in [0.29, 0.717) is 45.9 Å². The predicted octanol–water partition coefficient (Wildman–Crippen LogP) is 8.51. The number of aliphatic hydroxyl groups is 1. The number of rotatable bonds is 15. The van der Waals surface area contributed by atoms with Crippen LogP contribution in [0.3, 0.4) is 0 Å². The van der Waals surface area contributed by atoms with Crippen molar-refractivity contribution in [2.24, 2.45) is 0 Å². The highest BCUT2D eigenvalue weighted by atomic mass is 32.2. The number of aliphatic hydroxyl groups excluding tert-OH is 1. The van der Waals surface area contributed by atoms with E-state index in [9.17, 15) is 14.7 Å². The quantitative estimate of drug-likeness (QED) is 0.0339. The van der Waals surface area contributed by atoms with E-state index < -0.39 is 17.7 Å². The number of carbonyl (C=O) groups is 2. The smallest absolute Gasteiger partial charge is 0.301 e. The zero-order valence-corrected chi connectivity index (χ0v) is 28.0. The van der Waals surface area contributed by atoms with Gasteiger partial charge in [-0.15, -0.1) is 10.2 Å². The van der Waals surface area contributed by atoms with Gasteiger partial charge in [-0.3, -0.25) is 14.5 Å². The average Bonchev–Trinajstić information content (AvgIpc) is 3.65. The monoisotopic (exact) mass is 657 g/mol. The van der Waals surface area contributed by atoms with Crippen LogP contribution in [0.15, 0.2) is 82.7 Å². The van der Waals surface area contributed by atoms with Crippen LogP contribution in [0.2, 0.25) is 0 Å². The van der Waals surface area contributed by atoms with Crippen molar-refractivity contribution in [3.05, 3.63) is 101 Å². The van der Waals surface area contributed by atoms with E-state index in [-0.39, 0.29) is 16.5 Å². The first-order valence-electron chi connectivity index (χ1n) is 15.7. The molecule has 10 heteroatoms. The van der Waals surface area contributed by atoms with Crippen LogP contribution in [-0.4, -0.2) is 40.2 Å². The van der Waals surface area contributed by atoms with Crippen LogP contribution >= 0.6 is 23.1 Å². The van der Waals surface area contributed by atoms with Gasteiger partial charge in [-0.05, 0) is 67.3 Å². The van der Waals surface area contributed by atoms with Crippen molar-refractivity contribution in [3.8, 4) is 11.5 Å². The minimum atomic E-state index is -0.905. The summed E-state index contributed by atoms with van der Waals surface area (Å²) in [5.41, 5.74) is 3.38. The maximum absolute atomic E-state index is 13.6. The lowest BCUT2D eigenvalue weighted by atomic mass is 9.95. The molecule has 1 aliphatic rings. The Bertz CT molecular complexity index is 1650. The molecule has 1 aliphatic heterocycles. The van der Waals surface area contributed by atoms with E-state index in [1.165, 1.54) is 33.6 Å². The third-order valence-electron chi connectivity index (χ3n) is 7.64. The average molecular weight is 658 g/mol. The number of ketones is 1. The summed E-state index contributed by atoms with van der Waals surface area (Å²) in [4.78, 5) is 28.6. The molecule has 240 valence electrons. The summed E-state index contributed by atoms with van der Waals surface area (Å²) in [5.74, 6) is 0.244. The number of unbranched alkanes of at least 4 members (excludes halogenated alkanes) is 3. The first-order chi connectivity index (χ1) is 22.4. The first-order valence-corrected chi connectivity index (χ1v) is 17.5. The largest absolute Gasteiger partial charge is 0.507 e. The summed E-state index contributed by atoms with van der Waals surface area (Å²) < 4.78 is 12.3. The Balaban J connectivity index is 1.46. The van der Waals surface area contributed by atoms with Crippen LogP contribution in [0.4, 0.5) is 5.13 Å². The second-order valence-electron chi connectivity index (χ2n) is 11.1. The van der Waals surface area contributed by atoms with Gasteiger partial charge in [-0.1, -0.05) is 98.2 Å². The van der Waals surface area contributed by atoms with E-state index >= 15 is 0 Å². The molecule has 0 spiro atoms. The van der Waals surface area contributed by atoms with Gasteiger partial charge in [0, 0.05) is 11.3 Å². The fourth-order valence-corrected chi connectivity index (χ4v) is 6.84. The third-order valence-corrected chi connectivity index (χ3v) is 9.76. The van der Waals surface area contributed by atoms with Crippen molar-refractivity contribution >= 4 is 45.7 Å². The molecule has 1 fully saturated rings. The number of hydrogen-bond acceptors (Lipinski definition) is 9. The number of Topliss-reactive ketones (excluding diaryl/α,β-unsaturated/α-hetero) is 1. The lowest BCUT2D eigenvalue weighted by Crippen LogP contribution is -2.29. The molecule has 1 amide bonds. The molecular weight excluding hydrogens is 619 g/mol. The Hall–Kier alpha value is -4.15. The summed E-state index contributed by atoms with van der Waals surface area (Å²) in [5, 5.41) is 20.5. The lowest BCUT2D eigenvalue weighted by molar-refractivity contribution is -0.132. The third kappa shape index (κ3) is 7.97. The topological polar surface area (TPSA) is 102 Å². The number of hydrogen-bond donors (Lipinski definition) is 1. The summed E-state index contributed by atoms with van der Waals surface area (Å²) >= 11 is 2.76. The number of carbonyl (C=O) groups excluding carboxylic acids is 2. The predicted molar refractivity (Wildman–Crippen MR) is 184 cm³/mol. The Morgan fingerprint density at radius 2 is 1.48 bits per heavy atom. The Kier molecular flexibility index (Phi) is 11.5. The first kappa shape index (κ1) is 33.2. The minimum absolute atomic E-state index is 0.00896. The van der Waals surface area contributed by atoms with Crippen LogP contribution in [0.1, 0.15) is 74.2 Å². The van der Waals surface area contributed by atoms with E-state index in [2.05, 4.69) is 48.3 Å². The standard InChI is InChI=1S/C36H39N3O5S2/c1-4-6-8-22-44-28-17-13-26(14-18-28)31-30(32(40)27-15-19-29(20-16-27)43-21-7-5-2)33(41)34(42)39(31)35-37-38-36(46-35)45-23-25-11-9-24(3)10-12-25/h9-20,31,40H,4-8,21-23H2,1-3H3/t31-/m0/s1. The van der Waals surface area contributed by atoms with Gasteiger partial charge in [0.05, 0.1) is 24.8 Å². The highest BCUT2D eigenvalue weighted by molar-refractivity contribution is 8.00. The zero-order chi connectivity index (χ0) is 32.5. The van der Waals surface area contributed by atoms with Crippen molar-refractivity contribution in [1.29, 1.82) is 0 Å². The minimum Gasteiger partial charge on any atom is -0.507 e. The highest BCUT2D eigenvalue weighted by Gasteiger charge is 2.48. The van der Waals surface area contributed by atoms with E-state index in [0.717, 1.165) is 37.7 Å². The molecule has 3 aromatic carbocycles. The molecule has 0 bridgehead atoms. The maximum atomic E-state index is 13.6. The molecule has 1 saturated heterocycles. The number of ether oxygens (including phenoxy) is 2.